The number of aliphatic hydroxyl groups excluding tert-OH is 3. The number of carbonyl (C=O) groups is 2. The number of hydrogen-bond donors (Lipinski definition) is 3. The SMILES string of the molecule is C=C(C)[C@H](CO[C@@H]1O[C@H](COC(C)=O)[C@@H](O)[C@H](O)[C@H]1O)C[C@@H](OC(C)=O)C(=C)C. The van der Waals surface area contributed by atoms with Gasteiger partial charge in [-0.2, -0.15) is 0 Å². The third-order valence-electron chi connectivity index (χ3n) is 4.63. The third-order valence-corrected chi connectivity index (χ3v) is 4.63. The van der Waals surface area contributed by atoms with Crippen molar-refractivity contribution in [3.63, 3.8) is 0 Å². The Morgan fingerprint density at radius 2 is 1.59 bits per heavy atom. The van der Waals surface area contributed by atoms with Crippen LogP contribution >= 0.6 is 0 Å². The van der Waals surface area contributed by atoms with Crippen molar-refractivity contribution in [2.24, 2.45) is 5.92 Å². The zero-order valence-electron chi connectivity index (χ0n) is 17.4. The number of esters is 2. The van der Waals surface area contributed by atoms with E-state index in [0.29, 0.717) is 12.0 Å². The summed E-state index contributed by atoms with van der Waals surface area (Å²) in [7, 11) is 0. The van der Waals surface area contributed by atoms with E-state index < -0.39 is 48.7 Å². The Morgan fingerprint density at radius 1 is 0.966 bits per heavy atom. The van der Waals surface area contributed by atoms with Gasteiger partial charge in [0, 0.05) is 19.8 Å². The van der Waals surface area contributed by atoms with E-state index in [4.69, 9.17) is 18.9 Å². The zero-order chi connectivity index (χ0) is 22.3. The topological polar surface area (TPSA) is 132 Å². The summed E-state index contributed by atoms with van der Waals surface area (Å²) in [5, 5.41) is 30.2. The molecular formula is C20H32O9. The first-order valence-electron chi connectivity index (χ1n) is 9.36. The fourth-order valence-electron chi connectivity index (χ4n) is 2.82. The highest BCUT2D eigenvalue weighted by molar-refractivity contribution is 5.66. The fourth-order valence-corrected chi connectivity index (χ4v) is 2.82. The predicted molar refractivity (Wildman–Crippen MR) is 103 cm³/mol. The van der Waals surface area contributed by atoms with Crippen LogP contribution in [0.3, 0.4) is 0 Å². The Hall–Kier alpha value is -1.78. The largest absolute Gasteiger partial charge is 0.463 e. The fraction of sp³-hybridized carbons (Fsp3) is 0.700. The number of ether oxygens (including phenoxy) is 4. The molecule has 7 atom stereocenters. The van der Waals surface area contributed by atoms with Gasteiger partial charge in [0.25, 0.3) is 0 Å². The molecule has 1 aliphatic rings. The average Bonchev–Trinajstić information content (AvgIpc) is 2.61. The Bertz CT molecular complexity index is 603. The summed E-state index contributed by atoms with van der Waals surface area (Å²) in [4.78, 5) is 22.3. The summed E-state index contributed by atoms with van der Waals surface area (Å²) in [5.41, 5.74) is 1.42. The van der Waals surface area contributed by atoms with E-state index >= 15 is 0 Å². The van der Waals surface area contributed by atoms with Crippen molar-refractivity contribution >= 4 is 11.9 Å². The summed E-state index contributed by atoms with van der Waals surface area (Å²) >= 11 is 0. The van der Waals surface area contributed by atoms with E-state index in [1.807, 2.05) is 0 Å². The van der Waals surface area contributed by atoms with Gasteiger partial charge < -0.3 is 34.3 Å². The maximum Gasteiger partial charge on any atom is 0.303 e. The molecule has 166 valence electrons. The molecule has 1 fully saturated rings. The van der Waals surface area contributed by atoms with Crippen LogP contribution in [-0.2, 0) is 28.5 Å². The number of aliphatic hydroxyl groups is 3. The van der Waals surface area contributed by atoms with Crippen molar-refractivity contribution in [1.29, 1.82) is 0 Å². The molecule has 1 heterocycles. The van der Waals surface area contributed by atoms with Gasteiger partial charge in [-0.1, -0.05) is 18.7 Å². The lowest BCUT2D eigenvalue weighted by Gasteiger charge is -2.40. The van der Waals surface area contributed by atoms with Crippen molar-refractivity contribution in [1.82, 2.24) is 0 Å². The van der Waals surface area contributed by atoms with E-state index in [1.165, 1.54) is 13.8 Å². The van der Waals surface area contributed by atoms with Gasteiger partial charge in [0.15, 0.2) is 6.29 Å². The molecule has 9 heteroatoms. The van der Waals surface area contributed by atoms with Crippen molar-refractivity contribution in [3.8, 4) is 0 Å². The van der Waals surface area contributed by atoms with Gasteiger partial charge in [0.05, 0.1) is 6.61 Å². The lowest BCUT2D eigenvalue weighted by molar-refractivity contribution is -0.303. The standard InChI is InChI=1S/C20H32O9/c1-10(2)14(7-15(11(3)4)28-13(6)22)8-27-20-19(25)18(24)17(23)16(29-20)9-26-12(5)21/h14-20,23-25H,1,3,7-9H2,2,4-6H3/t14-,15+,16+,17+,18-,19+,20+/m0/s1. The predicted octanol–water partition coefficient (Wildman–Crippen LogP) is 0.464. The molecule has 29 heavy (non-hydrogen) atoms. The van der Waals surface area contributed by atoms with Crippen LogP contribution in [0.5, 0.6) is 0 Å². The molecular weight excluding hydrogens is 384 g/mol. The first kappa shape index (κ1) is 25.3. The average molecular weight is 416 g/mol. The minimum absolute atomic E-state index is 0.0468. The molecule has 0 aromatic carbocycles. The molecule has 3 N–H and O–H groups in total. The molecule has 0 spiro atoms. The molecule has 0 aromatic heterocycles. The highest BCUT2D eigenvalue weighted by Crippen LogP contribution is 2.26. The molecule has 1 saturated heterocycles. The Labute approximate surface area is 170 Å². The van der Waals surface area contributed by atoms with Crippen LogP contribution in [0.25, 0.3) is 0 Å². The molecule has 0 aromatic rings. The maximum atomic E-state index is 11.3. The van der Waals surface area contributed by atoms with Crippen LogP contribution in [0.1, 0.15) is 34.1 Å². The van der Waals surface area contributed by atoms with E-state index in [1.54, 1.807) is 13.8 Å². The van der Waals surface area contributed by atoms with Crippen LogP contribution in [0.15, 0.2) is 24.3 Å². The number of hydrogen-bond acceptors (Lipinski definition) is 9. The van der Waals surface area contributed by atoms with E-state index in [0.717, 1.165) is 5.57 Å². The van der Waals surface area contributed by atoms with Crippen LogP contribution in [-0.4, -0.2) is 77.3 Å². The van der Waals surface area contributed by atoms with Gasteiger partial charge in [0.1, 0.15) is 37.1 Å². The first-order chi connectivity index (χ1) is 13.4. The van der Waals surface area contributed by atoms with Gasteiger partial charge in [-0.3, -0.25) is 9.59 Å². The van der Waals surface area contributed by atoms with Crippen LogP contribution in [0, 0.1) is 5.92 Å². The van der Waals surface area contributed by atoms with Crippen LogP contribution in [0.4, 0.5) is 0 Å². The molecule has 0 radical (unpaired) electrons. The molecule has 1 rings (SSSR count). The van der Waals surface area contributed by atoms with E-state index in [9.17, 15) is 24.9 Å². The van der Waals surface area contributed by atoms with Crippen LogP contribution in [0.2, 0.25) is 0 Å². The molecule has 0 bridgehead atoms. The van der Waals surface area contributed by atoms with Gasteiger partial charge in [-0.25, -0.2) is 0 Å². The van der Waals surface area contributed by atoms with E-state index in [2.05, 4.69) is 13.2 Å². The van der Waals surface area contributed by atoms with Gasteiger partial charge in [0.2, 0.25) is 0 Å². The Morgan fingerprint density at radius 3 is 2.07 bits per heavy atom. The van der Waals surface area contributed by atoms with Crippen molar-refractivity contribution in [2.75, 3.05) is 13.2 Å². The quantitative estimate of drug-likeness (QED) is 0.343. The summed E-state index contributed by atoms with van der Waals surface area (Å²) in [5.74, 6) is -1.27. The monoisotopic (exact) mass is 416 g/mol. The van der Waals surface area contributed by atoms with Crippen molar-refractivity contribution in [3.05, 3.63) is 24.3 Å². The molecule has 0 saturated carbocycles. The highest BCUT2D eigenvalue weighted by atomic mass is 16.7. The highest BCUT2D eigenvalue weighted by Gasteiger charge is 2.45. The third kappa shape index (κ3) is 7.87. The molecule has 1 aliphatic heterocycles. The Kier molecular flexibility index (Phi) is 9.94. The smallest absolute Gasteiger partial charge is 0.303 e. The lowest BCUT2D eigenvalue weighted by Crippen LogP contribution is -2.59. The van der Waals surface area contributed by atoms with Gasteiger partial charge in [-0.15, -0.1) is 0 Å². The minimum atomic E-state index is -1.54. The summed E-state index contributed by atoms with van der Waals surface area (Å²) in [6, 6.07) is 0. The maximum absolute atomic E-state index is 11.3. The van der Waals surface area contributed by atoms with Crippen molar-refractivity contribution < 1.29 is 43.9 Å². The zero-order valence-corrected chi connectivity index (χ0v) is 17.4. The second-order valence-electron chi connectivity index (χ2n) is 7.37. The number of carbonyl (C=O) groups excluding carboxylic acids is 2. The first-order valence-corrected chi connectivity index (χ1v) is 9.36. The van der Waals surface area contributed by atoms with Gasteiger partial charge in [-0.05, 0) is 25.8 Å². The summed E-state index contributed by atoms with van der Waals surface area (Å²) in [6.07, 6.45) is -6.97. The second-order valence-corrected chi connectivity index (χ2v) is 7.37. The minimum Gasteiger partial charge on any atom is -0.463 e. The molecule has 0 unspecified atom stereocenters. The van der Waals surface area contributed by atoms with Crippen molar-refractivity contribution in [2.45, 2.75) is 70.9 Å². The summed E-state index contributed by atoms with van der Waals surface area (Å²) in [6.45, 7) is 13.5. The van der Waals surface area contributed by atoms with E-state index in [-0.39, 0.29) is 19.1 Å². The lowest BCUT2D eigenvalue weighted by atomic mass is 9.93. The van der Waals surface area contributed by atoms with Gasteiger partial charge >= 0.3 is 11.9 Å². The molecule has 9 nitrogen and oxygen atoms in total. The number of rotatable bonds is 10. The normalized spacial score (nSPS) is 28.9. The van der Waals surface area contributed by atoms with Crippen LogP contribution < -0.4 is 0 Å². The molecule has 0 amide bonds. The second kappa shape index (κ2) is 11.4. The molecule has 0 aliphatic carbocycles. The summed E-state index contributed by atoms with van der Waals surface area (Å²) < 4.78 is 21.2. The Balaban J connectivity index is 2.78.